The molecule has 0 radical (unpaired) electrons. The molecule has 0 unspecified atom stereocenters. The van der Waals surface area contributed by atoms with Crippen LogP contribution in [-0.2, 0) is 4.79 Å². The molecule has 3 saturated carbocycles. The van der Waals surface area contributed by atoms with Gasteiger partial charge in [0.05, 0.1) is 0 Å². The number of hydrogen-bond acceptors (Lipinski definition) is 1. The smallest absolute Gasteiger partial charge is 0.328 e. The molecule has 3 heteroatoms. The molecule has 166 valence electrons. The van der Waals surface area contributed by atoms with Crippen LogP contribution in [0.1, 0.15) is 102 Å². The predicted molar refractivity (Wildman–Crippen MR) is 131 cm³/mol. The summed E-state index contributed by atoms with van der Waals surface area (Å²) in [6, 6.07) is 9.31. The monoisotopic (exact) mass is 518 g/mol. The maximum atomic E-state index is 10.1. The van der Waals surface area contributed by atoms with E-state index in [1.807, 2.05) is 30.3 Å². The number of carbonyl (C=O) groups is 1. The summed E-state index contributed by atoms with van der Waals surface area (Å²) < 4.78 is 4.00. The van der Waals surface area contributed by atoms with Crippen LogP contribution in [0.3, 0.4) is 0 Å². The zero-order valence-electron chi connectivity index (χ0n) is 18.8. The first-order valence-corrected chi connectivity index (χ1v) is 18.4. The molecule has 0 bridgehead atoms. The molecule has 3 aliphatic carbocycles. The van der Waals surface area contributed by atoms with Crippen LogP contribution < -0.4 is 0 Å². The van der Waals surface area contributed by atoms with Crippen molar-refractivity contribution in [3.8, 4) is 0 Å². The van der Waals surface area contributed by atoms with Gasteiger partial charge in [0.15, 0.2) is 0 Å². The van der Waals surface area contributed by atoms with E-state index in [0.717, 1.165) is 11.6 Å². The third-order valence-electron chi connectivity index (χ3n) is 7.80. The van der Waals surface area contributed by atoms with Gasteiger partial charge in [0.25, 0.3) is 0 Å². The molecule has 2 nitrogen and oxygen atoms in total. The van der Waals surface area contributed by atoms with Crippen molar-refractivity contribution in [3.63, 3.8) is 0 Å². The fraction of sp³-hybridized carbons (Fsp3) is 0.667. The Morgan fingerprint density at radius 1 is 0.700 bits per heavy atom. The summed E-state index contributed by atoms with van der Waals surface area (Å²) in [5.74, 6) is -0.922. The average molecular weight is 517 g/mol. The first kappa shape index (κ1) is 23.9. The zero-order valence-corrected chi connectivity index (χ0v) is 22.1. The molecular formula is C27H42O2Sn. The van der Waals surface area contributed by atoms with Crippen molar-refractivity contribution >= 4 is 31.8 Å². The Kier molecular flexibility index (Phi) is 10.8. The van der Waals surface area contributed by atoms with Crippen molar-refractivity contribution in [3.05, 3.63) is 42.0 Å². The van der Waals surface area contributed by atoms with Crippen LogP contribution in [-0.4, -0.2) is 30.8 Å². The second kappa shape index (κ2) is 13.6. The zero-order chi connectivity index (χ0) is 21.0. The molecular weight excluding hydrogens is 475 g/mol. The van der Waals surface area contributed by atoms with E-state index in [9.17, 15) is 4.79 Å². The average Bonchev–Trinajstić information content (AvgIpc) is 2.81. The summed E-state index contributed by atoms with van der Waals surface area (Å²) in [4.78, 5) is 10.1. The maximum Gasteiger partial charge on any atom is 0.328 e. The molecule has 0 spiro atoms. The third kappa shape index (κ3) is 8.05. The number of hydrogen-bond donors (Lipinski definition) is 1. The minimum Gasteiger partial charge on any atom is -0.478 e. The number of carboxylic acids is 1. The topological polar surface area (TPSA) is 37.3 Å². The summed E-state index contributed by atoms with van der Waals surface area (Å²) in [6.07, 6.45) is 27.0. The number of carboxylic acid groups (broad SMARTS) is 1. The minimum atomic E-state index is -1.31. The molecule has 1 aromatic rings. The van der Waals surface area contributed by atoms with Crippen LogP contribution in [0.2, 0.25) is 11.8 Å². The van der Waals surface area contributed by atoms with Crippen LogP contribution in [0.15, 0.2) is 36.4 Å². The van der Waals surface area contributed by atoms with Gasteiger partial charge < -0.3 is 5.11 Å². The van der Waals surface area contributed by atoms with Crippen molar-refractivity contribution in [1.82, 2.24) is 0 Å². The second-order valence-electron chi connectivity index (χ2n) is 9.85. The predicted octanol–water partition coefficient (Wildman–Crippen LogP) is 8.00. The number of aliphatic carboxylic acids is 1. The Bertz CT molecular complexity index is 581. The van der Waals surface area contributed by atoms with Gasteiger partial charge in [-0.2, -0.15) is 0 Å². The molecule has 0 heterocycles. The molecule has 0 saturated heterocycles. The molecule has 1 N–H and O–H groups in total. The summed E-state index contributed by atoms with van der Waals surface area (Å²) in [5, 5.41) is 8.29. The Hall–Kier alpha value is -0.771. The third-order valence-corrected chi connectivity index (χ3v) is 22.8. The Labute approximate surface area is 191 Å². The fourth-order valence-electron chi connectivity index (χ4n) is 6.44. The second-order valence-corrected chi connectivity index (χ2v) is 21.2. The molecule has 3 fully saturated rings. The summed E-state index contributed by atoms with van der Waals surface area (Å²) in [5.41, 5.74) is 0.898. The van der Waals surface area contributed by atoms with Gasteiger partial charge in [-0.3, -0.25) is 0 Å². The van der Waals surface area contributed by atoms with E-state index in [-0.39, 0.29) is 0 Å². The van der Waals surface area contributed by atoms with Crippen LogP contribution in [0.5, 0.6) is 0 Å². The molecule has 4 rings (SSSR count). The Morgan fingerprint density at radius 2 is 1.10 bits per heavy atom. The van der Waals surface area contributed by atoms with Crippen LogP contribution in [0.4, 0.5) is 0 Å². The maximum absolute atomic E-state index is 10.1. The summed E-state index contributed by atoms with van der Waals surface area (Å²) in [6.45, 7) is 0. The van der Waals surface area contributed by atoms with Gasteiger partial charge in [-0.15, -0.1) is 0 Å². The van der Waals surface area contributed by atoms with E-state index in [4.69, 9.17) is 5.11 Å². The van der Waals surface area contributed by atoms with Crippen LogP contribution in [0, 0.1) is 0 Å². The van der Waals surface area contributed by atoms with Gasteiger partial charge in [0, 0.05) is 6.08 Å². The molecule has 0 aliphatic heterocycles. The SMILES string of the molecule is C1CC[CH]([SnH]([CH]2CCCCC2)[CH]2CCCCC2)CC1.O=C(O)/C=C/c1ccccc1. The van der Waals surface area contributed by atoms with Gasteiger partial charge in [-0.25, -0.2) is 4.79 Å². The molecule has 3 aliphatic rings. The van der Waals surface area contributed by atoms with Gasteiger partial charge in [0.2, 0.25) is 0 Å². The molecule has 0 amide bonds. The van der Waals surface area contributed by atoms with Gasteiger partial charge >= 0.3 is 134 Å². The standard InChI is InChI=1S/C9H8O2.3C6H11.Sn.H/c10-9(11)7-6-8-4-2-1-3-5-8;3*1-2-4-6-5-3-1;;/h1-7H,(H,10,11);3*1H,2-6H2;;/b7-6+;;;;;. The Balaban J connectivity index is 0.000000199. The fourth-order valence-corrected chi connectivity index (χ4v) is 23.7. The minimum absolute atomic E-state index is 0.898. The van der Waals surface area contributed by atoms with E-state index in [1.165, 1.54) is 11.8 Å². The molecule has 0 atom stereocenters. The van der Waals surface area contributed by atoms with Crippen molar-refractivity contribution in [2.45, 2.75) is 108 Å². The van der Waals surface area contributed by atoms with E-state index in [0.29, 0.717) is 0 Å². The Morgan fingerprint density at radius 3 is 1.47 bits per heavy atom. The van der Waals surface area contributed by atoms with E-state index in [1.54, 1.807) is 102 Å². The van der Waals surface area contributed by atoms with Gasteiger partial charge in [-0.05, 0) is 11.6 Å². The largest absolute Gasteiger partial charge is 0.478 e. The van der Waals surface area contributed by atoms with Gasteiger partial charge in [0.1, 0.15) is 0 Å². The normalized spacial score (nSPS) is 22.0. The summed E-state index contributed by atoms with van der Waals surface area (Å²) >= 11 is -1.31. The quantitative estimate of drug-likeness (QED) is 0.318. The van der Waals surface area contributed by atoms with Crippen molar-refractivity contribution in [1.29, 1.82) is 0 Å². The van der Waals surface area contributed by atoms with Crippen LogP contribution in [0.25, 0.3) is 6.08 Å². The van der Waals surface area contributed by atoms with Crippen molar-refractivity contribution in [2.24, 2.45) is 0 Å². The first-order valence-electron chi connectivity index (χ1n) is 12.7. The summed E-state index contributed by atoms with van der Waals surface area (Å²) in [7, 11) is 0. The number of benzene rings is 1. The van der Waals surface area contributed by atoms with E-state index < -0.39 is 25.7 Å². The molecule has 1 aromatic carbocycles. The molecule has 0 aromatic heterocycles. The first-order chi connectivity index (χ1) is 14.7. The number of rotatable bonds is 5. The van der Waals surface area contributed by atoms with Gasteiger partial charge in [-0.1, -0.05) is 30.3 Å². The van der Waals surface area contributed by atoms with Crippen molar-refractivity contribution < 1.29 is 9.90 Å². The van der Waals surface area contributed by atoms with E-state index in [2.05, 4.69) is 0 Å². The van der Waals surface area contributed by atoms with Crippen LogP contribution >= 0.6 is 0 Å². The van der Waals surface area contributed by atoms with Crippen molar-refractivity contribution in [2.75, 3.05) is 0 Å². The van der Waals surface area contributed by atoms with E-state index >= 15 is 0 Å². The molecule has 30 heavy (non-hydrogen) atoms.